The molecule has 3 aromatic rings. The molecule has 27 heavy (non-hydrogen) atoms. The van der Waals surface area contributed by atoms with Gasteiger partial charge in [0.05, 0.1) is 0 Å². The number of esters is 1. The van der Waals surface area contributed by atoms with Crippen LogP contribution in [0.2, 0.25) is 0 Å². The molecular weight excluding hydrogens is 410 g/mol. The zero-order valence-corrected chi connectivity index (χ0v) is 16.1. The van der Waals surface area contributed by atoms with E-state index in [9.17, 15) is 4.79 Å². The summed E-state index contributed by atoms with van der Waals surface area (Å²) in [5.41, 5.74) is 2.44. The van der Waals surface area contributed by atoms with Crippen molar-refractivity contribution in [3.63, 3.8) is 0 Å². The molecule has 2 atom stereocenters. The minimum absolute atomic E-state index is 0.203. The highest BCUT2D eigenvalue weighted by molar-refractivity contribution is 9.10. The smallest absolute Gasteiger partial charge is 0.317 e. The van der Waals surface area contributed by atoms with Crippen molar-refractivity contribution in [3.8, 4) is 0 Å². The van der Waals surface area contributed by atoms with Crippen molar-refractivity contribution < 1.29 is 9.53 Å². The van der Waals surface area contributed by atoms with Crippen molar-refractivity contribution in [1.82, 2.24) is 20.2 Å². The zero-order valence-electron chi connectivity index (χ0n) is 14.5. The van der Waals surface area contributed by atoms with Gasteiger partial charge < -0.3 is 4.74 Å². The van der Waals surface area contributed by atoms with E-state index in [1.165, 1.54) is 0 Å². The van der Waals surface area contributed by atoms with Crippen LogP contribution >= 0.6 is 15.9 Å². The molecule has 2 unspecified atom stereocenters. The van der Waals surface area contributed by atoms with Gasteiger partial charge in [0.2, 0.25) is 0 Å². The number of fused-ring (bicyclic) bond motifs is 1. The summed E-state index contributed by atoms with van der Waals surface area (Å²) >= 11 is 3.57. The van der Waals surface area contributed by atoms with E-state index < -0.39 is 12.0 Å². The average Bonchev–Trinajstić information content (AvgIpc) is 3.14. The van der Waals surface area contributed by atoms with Crippen LogP contribution in [0.15, 0.2) is 64.1 Å². The zero-order chi connectivity index (χ0) is 18.8. The molecule has 0 saturated carbocycles. The van der Waals surface area contributed by atoms with E-state index in [0.29, 0.717) is 11.7 Å². The Morgan fingerprint density at radius 1 is 1.15 bits per heavy atom. The highest BCUT2D eigenvalue weighted by atomic mass is 79.9. The molecule has 0 amide bonds. The minimum Gasteiger partial charge on any atom is -0.460 e. The van der Waals surface area contributed by atoms with Crippen LogP contribution in [-0.2, 0) is 16.1 Å². The van der Waals surface area contributed by atoms with Gasteiger partial charge in [0, 0.05) is 10.2 Å². The largest absolute Gasteiger partial charge is 0.460 e. The number of carbonyl (C=O) groups is 1. The van der Waals surface area contributed by atoms with Crippen molar-refractivity contribution in [2.75, 3.05) is 0 Å². The summed E-state index contributed by atoms with van der Waals surface area (Å²) in [6.07, 6.45) is 0. The van der Waals surface area contributed by atoms with Crippen LogP contribution in [0.25, 0.3) is 0 Å². The summed E-state index contributed by atoms with van der Waals surface area (Å²) in [5.74, 6) is -0.606. The normalized spacial score (nSPS) is 18.5. The third-order valence-electron chi connectivity index (χ3n) is 4.48. The van der Waals surface area contributed by atoms with E-state index in [1.807, 2.05) is 54.6 Å². The number of benzene rings is 2. The van der Waals surface area contributed by atoms with Crippen LogP contribution in [-0.4, -0.2) is 31.9 Å². The first-order valence-corrected chi connectivity index (χ1v) is 9.22. The van der Waals surface area contributed by atoms with E-state index in [4.69, 9.17) is 4.74 Å². The van der Waals surface area contributed by atoms with Crippen LogP contribution in [0.5, 0.6) is 0 Å². The van der Waals surface area contributed by atoms with E-state index >= 15 is 0 Å². The number of hydrogen-bond donors (Lipinski definition) is 0. The van der Waals surface area contributed by atoms with Gasteiger partial charge in [-0.15, -0.1) is 0 Å². The Bertz CT molecular complexity index is 1000. The lowest BCUT2D eigenvalue weighted by atomic mass is 9.88. The van der Waals surface area contributed by atoms with Gasteiger partial charge in [-0.05, 0) is 34.5 Å². The van der Waals surface area contributed by atoms with Gasteiger partial charge in [-0.2, -0.15) is 0 Å². The average molecular weight is 426 g/mol. The molecule has 4 rings (SSSR count). The molecule has 0 saturated heterocycles. The Balaban J connectivity index is 1.68. The summed E-state index contributed by atoms with van der Waals surface area (Å²) in [4.78, 5) is 17.4. The molecule has 136 valence electrons. The van der Waals surface area contributed by atoms with Gasteiger partial charge in [-0.3, -0.25) is 4.79 Å². The summed E-state index contributed by atoms with van der Waals surface area (Å²) in [6, 6.07) is 16.8. The van der Waals surface area contributed by atoms with Crippen LogP contribution < -0.4 is 0 Å². The van der Waals surface area contributed by atoms with Crippen molar-refractivity contribution in [1.29, 1.82) is 0 Å². The molecule has 1 aromatic heterocycles. The fraction of sp³-hybridized carbons (Fsp3) is 0.211. The van der Waals surface area contributed by atoms with Crippen molar-refractivity contribution in [3.05, 3.63) is 70.2 Å². The molecule has 2 heterocycles. The predicted octanol–water partition coefficient (Wildman–Crippen LogP) is 3.49. The van der Waals surface area contributed by atoms with Gasteiger partial charge in [0.15, 0.2) is 0 Å². The first-order valence-electron chi connectivity index (χ1n) is 8.43. The molecule has 8 heteroatoms. The molecule has 1 aliphatic heterocycles. The number of aliphatic imine (C=N–C) groups is 1. The first kappa shape index (κ1) is 17.5. The van der Waals surface area contributed by atoms with E-state index in [2.05, 4.69) is 36.4 Å². The SMILES string of the molecule is CC1=Nc2nnnn2C(c2ccccc2Br)C1C(=O)OCc1ccccc1. The van der Waals surface area contributed by atoms with Gasteiger partial charge in [0.1, 0.15) is 18.6 Å². The van der Waals surface area contributed by atoms with Crippen LogP contribution in [0.1, 0.15) is 24.1 Å². The third-order valence-corrected chi connectivity index (χ3v) is 5.20. The number of ether oxygens (including phenoxy) is 1. The molecule has 0 N–H and O–H groups in total. The quantitative estimate of drug-likeness (QED) is 0.597. The van der Waals surface area contributed by atoms with Crippen LogP contribution in [0.3, 0.4) is 0 Å². The lowest BCUT2D eigenvalue weighted by molar-refractivity contribution is -0.148. The van der Waals surface area contributed by atoms with Crippen molar-refractivity contribution in [2.45, 2.75) is 19.6 Å². The molecular formula is C19H16BrN5O2. The van der Waals surface area contributed by atoms with Gasteiger partial charge >= 0.3 is 5.97 Å². The van der Waals surface area contributed by atoms with Gasteiger partial charge in [-0.25, -0.2) is 9.67 Å². The molecule has 2 aromatic carbocycles. The third kappa shape index (κ3) is 3.40. The Morgan fingerprint density at radius 2 is 1.89 bits per heavy atom. The highest BCUT2D eigenvalue weighted by Gasteiger charge is 2.41. The lowest BCUT2D eigenvalue weighted by Gasteiger charge is -2.29. The number of tetrazole rings is 1. The molecule has 7 nitrogen and oxygen atoms in total. The maximum Gasteiger partial charge on any atom is 0.317 e. The Morgan fingerprint density at radius 3 is 2.67 bits per heavy atom. The van der Waals surface area contributed by atoms with Crippen molar-refractivity contribution >= 4 is 33.6 Å². The van der Waals surface area contributed by atoms with Gasteiger partial charge in [-0.1, -0.05) is 69.6 Å². The number of halogens is 1. The molecule has 1 aliphatic rings. The second kappa shape index (κ2) is 7.40. The summed E-state index contributed by atoms with van der Waals surface area (Å²) in [7, 11) is 0. The van der Waals surface area contributed by atoms with E-state index in [1.54, 1.807) is 11.6 Å². The second-order valence-electron chi connectivity index (χ2n) is 6.21. The number of nitrogens with zero attached hydrogens (tertiary/aromatic N) is 5. The topological polar surface area (TPSA) is 82.3 Å². The highest BCUT2D eigenvalue weighted by Crippen LogP contribution is 2.38. The fourth-order valence-corrected chi connectivity index (χ4v) is 3.70. The Kier molecular flexibility index (Phi) is 4.81. The molecule has 0 aliphatic carbocycles. The lowest BCUT2D eigenvalue weighted by Crippen LogP contribution is -2.37. The Labute approximate surface area is 164 Å². The minimum atomic E-state index is -0.622. The standard InChI is InChI=1S/C19H16BrN5O2/c1-12-16(18(26)27-11-13-7-3-2-4-8-13)17(14-9-5-6-10-15(14)20)25-19(21-12)22-23-24-25/h2-10,16-17H,11H2,1H3. The number of carbonyl (C=O) groups excluding carboxylic acids is 1. The van der Waals surface area contributed by atoms with Crippen molar-refractivity contribution in [2.24, 2.45) is 10.9 Å². The number of aromatic nitrogens is 4. The molecule has 0 bridgehead atoms. The monoisotopic (exact) mass is 425 g/mol. The van der Waals surface area contributed by atoms with E-state index in [0.717, 1.165) is 15.6 Å². The molecule has 0 radical (unpaired) electrons. The van der Waals surface area contributed by atoms with E-state index in [-0.39, 0.29) is 12.6 Å². The Hall–Kier alpha value is -2.87. The first-order chi connectivity index (χ1) is 13.1. The maximum absolute atomic E-state index is 13.0. The fourth-order valence-electron chi connectivity index (χ4n) is 3.18. The van der Waals surface area contributed by atoms with Gasteiger partial charge in [0.25, 0.3) is 5.95 Å². The number of rotatable bonds is 4. The molecule has 0 spiro atoms. The summed E-state index contributed by atoms with van der Waals surface area (Å²) in [5, 5.41) is 11.7. The second-order valence-corrected chi connectivity index (χ2v) is 7.07. The maximum atomic E-state index is 13.0. The predicted molar refractivity (Wildman–Crippen MR) is 103 cm³/mol. The summed E-state index contributed by atoms with van der Waals surface area (Å²) in [6.45, 7) is 2.01. The summed E-state index contributed by atoms with van der Waals surface area (Å²) < 4.78 is 8.04. The van der Waals surface area contributed by atoms with Crippen LogP contribution in [0, 0.1) is 5.92 Å². The molecule has 0 fully saturated rings. The van der Waals surface area contributed by atoms with Crippen LogP contribution in [0.4, 0.5) is 5.95 Å². The number of hydrogen-bond acceptors (Lipinski definition) is 6.